The minimum Gasteiger partial charge on any atom is -0.395 e. The second-order valence-electron chi connectivity index (χ2n) is 8.24. The fraction of sp³-hybridized carbons (Fsp3) is 0.636. The van der Waals surface area contributed by atoms with Crippen LogP contribution in [0.3, 0.4) is 0 Å². The average Bonchev–Trinajstić information content (AvgIpc) is 3.36. The molecule has 5 heteroatoms. The molecule has 27 heavy (non-hydrogen) atoms. The number of fused-ring (bicyclic) bond motifs is 1. The molecule has 152 valence electrons. The van der Waals surface area contributed by atoms with Crippen molar-refractivity contribution in [3.63, 3.8) is 0 Å². The van der Waals surface area contributed by atoms with E-state index in [4.69, 9.17) is 0 Å². The Kier molecular flexibility index (Phi) is 8.64. The molecule has 1 aromatic rings. The average molecular weight is 413 g/mol. The summed E-state index contributed by atoms with van der Waals surface area (Å²) >= 11 is 0. The van der Waals surface area contributed by atoms with Crippen molar-refractivity contribution < 1.29 is 5.11 Å². The fourth-order valence-corrected chi connectivity index (χ4v) is 4.89. The summed E-state index contributed by atoms with van der Waals surface area (Å²) in [5.41, 5.74) is 4.42. The molecule has 0 spiro atoms. The van der Waals surface area contributed by atoms with Gasteiger partial charge in [0.25, 0.3) is 0 Å². The quantitative estimate of drug-likeness (QED) is 0.767. The Morgan fingerprint density at radius 1 is 1.07 bits per heavy atom. The molecule has 3 unspecified atom stereocenters. The monoisotopic (exact) mass is 412 g/mol. The largest absolute Gasteiger partial charge is 0.395 e. The van der Waals surface area contributed by atoms with Gasteiger partial charge in [-0.3, -0.25) is 4.90 Å². The number of aliphatic hydroxyl groups is 1. The standard InChI is InChI=1S/C22H32N2O.2ClH/c1-17(16-25)24-14-20-8-9-21(22(20)15-24)19-6-4-18(5-7-19)10-13-23-11-2-3-12-23;;/h4-7,9,17,20,22,25H,2-3,8,10-16H2,1H3;2*1H. The van der Waals surface area contributed by atoms with Crippen LogP contribution in [0.25, 0.3) is 5.57 Å². The second-order valence-corrected chi connectivity index (χ2v) is 8.24. The number of allylic oxidation sites excluding steroid dienone is 1. The lowest BCUT2D eigenvalue weighted by atomic mass is 9.90. The second kappa shape index (κ2) is 10.3. The molecule has 1 aromatic carbocycles. The Morgan fingerprint density at radius 3 is 2.44 bits per heavy atom. The molecule has 2 aliphatic heterocycles. The minimum absolute atomic E-state index is 0. The van der Waals surface area contributed by atoms with Gasteiger partial charge in [-0.05, 0) is 68.3 Å². The van der Waals surface area contributed by atoms with Gasteiger partial charge in [-0.1, -0.05) is 30.3 Å². The zero-order valence-electron chi connectivity index (χ0n) is 16.3. The molecule has 0 radical (unpaired) electrons. The summed E-state index contributed by atoms with van der Waals surface area (Å²) in [7, 11) is 0. The molecular weight excluding hydrogens is 379 g/mol. The van der Waals surface area contributed by atoms with E-state index in [9.17, 15) is 5.11 Å². The molecule has 0 amide bonds. The molecule has 4 rings (SSSR count). The van der Waals surface area contributed by atoms with Crippen LogP contribution in [-0.4, -0.2) is 60.3 Å². The highest BCUT2D eigenvalue weighted by molar-refractivity contribution is 5.85. The first-order chi connectivity index (χ1) is 12.2. The van der Waals surface area contributed by atoms with Crippen molar-refractivity contribution in [1.29, 1.82) is 0 Å². The van der Waals surface area contributed by atoms with Crippen molar-refractivity contribution in [3.05, 3.63) is 41.5 Å². The van der Waals surface area contributed by atoms with Crippen LogP contribution in [0.4, 0.5) is 0 Å². The highest BCUT2D eigenvalue weighted by atomic mass is 35.5. The normalized spacial score (nSPS) is 26.2. The SMILES string of the molecule is CC(CO)N1CC2CC=C(c3ccc(CCN4CCCC4)cc3)C2C1.Cl.Cl. The van der Waals surface area contributed by atoms with Crippen LogP contribution < -0.4 is 0 Å². The minimum atomic E-state index is 0. The molecule has 0 bridgehead atoms. The first kappa shape index (κ1) is 22.7. The highest BCUT2D eigenvalue weighted by Crippen LogP contribution is 2.43. The molecule has 1 aliphatic carbocycles. The molecule has 1 N–H and O–H groups in total. The van der Waals surface area contributed by atoms with E-state index in [1.54, 1.807) is 5.57 Å². The van der Waals surface area contributed by atoms with Crippen LogP contribution in [0, 0.1) is 11.8 Å². The lowest BCUT2D eigenvalue weighted by Crippen LogP contribution is -2.34. The number of rotatable bonds is 6. The van der Waals surface area contributed by atoms with Crippen LogP contribution in [0.5, 0.6) is 0 Å². The summed E-state index contributed by atoms with van der Waals surface area (Å²) in [5.74, 6) is 1.41. The molecule has 3 aliphatic rings. The van der Waals surface area contributed by atoms with Gasteiger partial charge in [0.15, 0.2) is 0 Å². The lowest BCUT2D eigenvalue weighted by molar-refractivity contribution is 0.153. The first-order valence-electron chi connectivity index (χ1n) is 10.1. The van der Waals surface area contributed by atoms with Crippen LogP contribution in [-0.2, 0) is 6.42 Å². The number of hydrogen-bond donors (Lipinski definition) is 1. The maximum absolute atomic E-state index is 9.44. The Balaban J connectivity index is 0.00000131. The van der Waals surface area contributed by atoms with Gasteiger partial charge >= 0.3 is 0 Å². The molecule has 2 heterocycles. The third-order valence-electron chi connectivity index (χ3n) is 6.60. The van der Waals surface area contributed by atoms with E-state index >= 15 is 0 Å². The van der Waals surface area contributed by atoms with Crippen LogP contribution >= 0.6 is 24.8 Å². The van der Waals surface area contributed by atoms with Gasteiger partial charge in [0.05, 0.1) is 6.61 Å². The lowest BCUT2D eigenvalue weighted by Gasteiger charge is -2.23. The van der Waals surface area contributed by atoms with E-state index in [2.05, 4.69) is 47.1 Å². The topological polar surface area (TPSA) is 26.7 Å². The predicted molar refractivity (Wildman–Crippen MR) is 118 cm³/mol. The van der Waals surface area contributed by atoms with Crippen molar-refractivity contribution >= 4 is 30.4 Å². The van der Waals surface area contributed by atoms with Gasteiger partial charge in [0.2, 0.25) is 0 Å². The number of halogens is 2. The molecule has 2 saturated heterocycles. The molecule has 3 nitrogen and oxygen atoms in total. The zero-order chi connectivity index (χ0) is 17.2. The van der Waals surface area contributed by atoms with Crippen LogP contribution in [0.15, 0.2) is 30.3 Å². The van der Waals surface area contributed by atoms with Crippen molar-refractivity contribution in [2.24, 2.45) is 11.8 Å². The van der Waals surface area contributed by atoms with Crippen LogP contribution in [0.1, 0.15) is 37.3 Å². The van der Waals surface area contributed by atoms with Crippen molar-refractivity contribution in [3.8, 4) is 0 Å². The number of nitrogens with zero attached hydrogens (tertiary/aromatic N) is 2. The van der Waals surface area contributed by atoms with E-state index in [0.29, 0.717) is 12.0 Å². The van der Waals surface area contributed by atoms with Crippen LogP contribution in [0.2, 0.25) is 0 Å². The Bertz CT molecular complexity index is 613. The fourth-order valence-electron chi connectivity index (χ4n) is 4.89. The van der Waals surface area contributed by atoms with E-state index < -0.39 is 0 Å². The molecule has 0 saturated carbocycles. The number of likely N-dealkylation sites (tertiary alicyclic amines) is 2. The maximum Gasteiger partial charge on any atom is 0.0584 e. The Morgan fingerprint density at radius 2 is 1.78 bits per heavy atom. The zero-order valence-corrected chi connectivity index (χ0v) is 18.0. The van der Waals surface area contributed by atoms with Gasteiger partial charge in [0.1, 0.15) is 0 Å². The molecule has 3 atom stereocenters. The summed E-state index contributed by atoms with van der Waals surface area (Å²) in [6.07, 6.45) is 7.59. The van der Waals surface area contributed by atoms with E-state index in [1.165, 1.54) is 56.4 Å². The summed E-state index contributed by atoms with van der Waals surface area (Å²) < 4.78 is 0. The van der Waals surface area contributed by atoms with E-state index in [1.807, 2.05) is 0 Å². The maximum atomic E-state index is 9.44. The van der Waals surface area contributed by atoms with Crippen molar-refractivity contribution in [2.45, 2.75) is 38.6 Å². The van der Waals surface area contributed by atoms with Gasteiger partial charge in [-0.2, -0.15) is 0 Å². The number of aliphatic hydroxyl groups excluding tert-OH is 1. The van der Waals surface area contributed by atoms with Gasteiger partial charge in [-0.25, -0.2) is 0 Å². The van der Waals surface area contributed by atoms with Gasteiger partial charge < -0.3 is 10.0 Å². The first-order valence-corrected chi connectivity index (χ1v) is 10.1. The smallest absolute Gasteiger partial charge is 0.0584 e. The summed E-state index contributed by atoms with van der Waals surface area (Å²) in [5, 5.41) is 9.44. The predicted octanol–water partition coefficient (Wildman–Crippen LogP) is 3.88. The van der Waals surface area contributed by atoms with E-state index in [-0.39, 0.29) is 31.4 Å². The van der Waals surface area contributed by atoms with E-state index in [0.717, 1.165) is 19.0 Å². The molecule has 0 aromatic heterocycles. The summed E-state index contributed by atoms with van der Waals surface area (Å²) in [6.45, 7) is 8.44. The molecule has 2 fully saturated rings. The Labute approximate surface area is 176 Å². The van der Waals surface area contributed by atoms with Crippen molar-refractivity contribution in [2.75, 3.05) is 39.3 Å². The number of hydrogen-bond acceptors (Lipinski definition) is 3. The third kappa shape index (κ3) is 5.07. The van der Waals surface area contributed by atoms with Gasteiger partial charge in [-0.15, -0.1) is 24.8 Å². The number of benzene rings is 1. The highest BCUT2D eigenvalue weighted by Gasteiger charge is 2.39. The molecular formula is C22H34Cl2N2O. The Hall–Kier alpha value is -0.580. The van der Waals surface area contributed by atoms with Gasteiger partial charge in [0, 0.05) is 31.6 Å². The van der Waals surface area contributed by atoms with Crippen molar-refractivity contribution in [1.82, 2.24) is 9.80 Å². The summed E-state index contributed by atoms with van der Waals surface area (Å²) in [4.78, 5) is 5.06. The summed E-state index contributed by atoms with van der Waals surface area (Å²) in [6, 6.07) is 9.64. The third-order valence-corrected chi connectivity index (χ3v) is 6.60.